The molecule has 1 aliphatic heterocycles. The molecule has 0 saturated carbocycles. The SMILES string of the molecule is COc1cc(/C=C2\SC(=O)N(Cc3ccccc3Br)C2=O)ccc1OCC(=O)Nc1ccc(C)c(Cl)c1. The van der Waals surface area contributed by atoms with Crippen molar-refractivity contribution < 1.29 is 23.9 Å². The van der Waals surface area contributed by atoms with Crippen LogP contribution in [0.5, 0.6) is 11.5 Å². The van der Waals surface area contributed by atoms with E-state index < -0.39 is 0 Å². The molecule has 0 unspecified atom stereocenters. The van der Waals surface area contributed by atoms with Crippen molar-refractivity contribution >= 4 is 68.1 Å². The van der Waals surface area contributed by atoms with Gasteiger partial charge in [0.15, 0.2) is 18.1 Å². The number of aryl methyl sites for hydroxylation is 1. The first-order valence-corrected chi connectivity index (χ1v) is 13.1. The Balaban J connectivity index is 1.42. The van der Waals surface area contributed by atoms with Crippen LogP contribution in [-0.4, -0.2) is 35.7 Å². The molecular formula is C27H22BrClN2O5S. The van der Waals surface area contributed by atoms with Gasteiger partial charge in [0.2, 0.25) is 0 Å². The van der Waals surface area contributed by atoms with Gasteiger partial charge in [-0.15, -0.1) is 0 Å². The molecule has 190 valence electrons. The van der Waals surface area contributed by atoms with E-state index in [0.717, 1.165) is 27.4 Å². The summed E-state index contributed by atoms with van der Waals surface area (Å²) in [6, 6.07) is 17.7. The fourth-order valence-corrected chi connectivity index (χ4v) is 4.92. The van der Waals surface area contributed by atoms with Gasteiger partial charge in [0.05, 0.1) is 18.6 Å². The minimum Gasteiger partial charge on any atom is -0.493 e. The summed E-state index contributed by atoms with van der Waals surface area (Å²) in [5.41, 5.74) is 2.97. The van der Waals surface area contributed by atoms with Gasteiger partial charge >= 0.3 is 0 Å². The maximum Gasteiger partial charge on any atom is 0.293 e. The molecule has 0 aromatic heterocycles. The van der Waals surface area contributed by atoms with Crippen molar-refractivity contribution in [3.05, 3.63) is 91.8 Å². The average molecular weight is 602 g/mol. The molecule has 0 atom stereocenters. The van der Waals surface area contributed by atoms with Crippen LogP contribution >= 0.6 is 39.3 Å². The smallest absolute Gasteiger partial charge is 0.293 e. The molecule has 1 N–H and O–H groups in total. The molecule has 3 aromatic rings. The van der Waals surface area contributed by atoms with Gasteiger partial charge in [0.25, 0.3) is 17.1 Å². The second-order valence-corrected chi connectivity index (χ2v) is 10.3. The fraction of sp³-hybridized carbons (Fsp3) is 0.148. The van der Waals surface area contributed by atoms with Crippen molar-refractivity contribution in [2.24, 2.45) is 0 Å². The Morgan fingerprint density at radius 2 is 1.89 bits per heavy atom. The predicted molar refractivity (Wildman–Crippen MR) is 149 cm³/mol. The Hall–Kier alpha value is -3.27. The summed E-state index contributed by atoms with van der Waals surface area (Å²) >= 11 is 10.4. The van der Waals surface area contributed by atoms with Crippen LogP contribution in [0.1, 0.15) is 16.7 Å². The van der Waals surface area contributed by atoms with Crippen LogP contribution in [0.25, 0.3) is 6.08 Å². The highest BCUT2D eigenvalue weighted by molar-refractivity contribution is 9.10. The van der Waals surface area contributed by atoms with Crippen LogP contribution in [-0.2, 0) is 16.1 Å². The van der Waals surface area contributed by atoms with Crippen LogP contribution in [0.15, 0.2) is 70.0 Å². The molecular weight excluding hydrogens is 580 g/mol. The fourth-order valence-electron chi connectivity index (χ4n) is 3.49. The van der Waals surface area contributed by atoms with Gasteiger partial charge in [0, 0.05) is 15.2 Å². The summed E-state index contributed by atoms with van der Waals surface area (Å²) in [5.74, 6) is 0.0221. The summed E-state index contributed by atoms with van der Waals surface area (Å²) in [4.78, 5) is 39.3. The number of hydrogen-bond donors (Lipinski definition) is 1. The quantitative estimate of drug-likeness (QED) is 0.290. The van der Waals surface area contributed by atoms with Crippen molar-refractivity contribution in [3.8, 4) is 11.5 Å². The van der Waals surface area contributed by atoms with Gasteiger partial charge < -0.3 is 14.8 Å². The topological polar surface area (TPSA) is 84.9 Å². The van der Waals surface area contributed by atoms with Crippen LogP contribution in [0, 0.1) is 6.92 Å². The van der Waals surface area contributed by atoms with Gasteiger partial charge in [0.1, 0.15) is 0 Å². The van der Waals surface area contributed by atoms with E-state index in [4.69, 9.17) is 21.1 Å². The van der Waals surface area contributed by atoms with E-state index in [2.05, 4.69) is 21.2 Å². The highest BCUT2D eigenvalue weighted by Crippen LogP contribution is 2.36. The minimum atomic E-state index is -0.363. The Bertz CT molecular complexity index is 1410. The van der Waals surface area contributed by atoms with Gasteiger partial charge in [-0.3, -0.25) is 19.3 Å². The van der Waals surface area contributed by atoms with Gasteiger partial charge in [-0.25, -0.2) is 0 Å². The molecule has 3 aromatic carbocycles. The highest BCUT2D eigenvalue weighted by Gasteiger charge is 2.35. The number of carbonyl (C=O) groups excluding carboxylic acids is 3. The van der Waals surface area contributed by atoms with Gasteiger partial charge in [-0.1, -0.05) is 57.9 Å². The molecule has 0 bridgehead atoms. The number of carbonyl (C=O) groups is 3. The first-order chi connectivity index (χ1) is 17.7. The molecule has 4 rings (SSSR count). The lowest BCUT2D eigenvalue weighted by molar-refractivity contribution is -0.123. The normalized spacial score (nSPS) is 14.3. The highest BCUT2D eigenvalue weighted by atomic mass is 79.9. The monoisotopic (exact) mass is 600 g/mol. The molecule has 37 heavy (non-hydrogen) atoms. The predicted octanol–water partition coefficient (Wildman–Crippen LogP) is 6.67. The van der Waals surface area contributed by atoms with Crippen LogP contribution < -0.4 is 14.8 Å². The summed E-state index contributed by atoms with van der Waals surface area (Å²) in [6.45, 7) is 1.81. The Morgan fingerprint density at radius 1 is 1.11 bits per heavy atom. The zero-order valence-corrected chi connectivity index (χ0v) is 23.1. The molecule has 0 aliphatic carbocycles. The van der Waals surface area contributed by atoms with Crippen LogP contribution in [0.2, 0.25) is 5.02 Å². The lowest BCUT2D eigenvalue weighted by atomic mass is 10.1. The van der Waals surface area contributed by atoms with Crippen molar-refractivity contribution in [1.29, 1.82) is 0 Å². The summed E-state index contributed by atoms with van der Waals surface area (Å²) < 4.78 is 11.9. The largest absolute Gasteiger partial charge is 0.493 e. The minimum absolute atomic E-state index is 0.177. The number of hydrogen-bond acceptors (Lipinski definition) is 6. The summed E-state index contributed by atoms with van der Waals surface area (Å²) in [5, 5.41) is 2.96. The number of methoxy groups -OCH3 is 1. The maximum atomic E-state index is 12.9. The molecule has 3 amide bonds. The van der Waals surface area contributed by atoms with Crippen LogP contribution in [0.3, 0.4) is 0 Å². The first kappa shape index (κ1) is 26.8. The molecule has 1 fully saturated rings. The lowest BCUT2D eigenvalue weighted by Gasteiger charge is -2.13. The third kappa shape index (κ3) is 6.54. The third-order valence-corrected chi connectivity index (χ3v) is 7.55. The van der Waals surface area contributed by atoms with E-state index in [-0.39, 0.29) is 30.2 Å². The number of amides is 3. The number of rotatable bonds is 8. The van der Waals surface area contributed by atoms with Gasteiger partial charge in [-0.2, -0.15) is 0 Å². The number of nitrogens with zero attached hydrogens (tertiary/aromatic N) is 1. The maximum absolute atomic E-state index is 12.9. The molecule has 1 aliphatic rings. The second-order valence-electron chi connectivity index (χ2n) is 8.07. The van der Waals surface area contributed by atoms with Crippen molar-refractivity contribution in [2.45, 2.75) is 13.5 Å². The van der Waals surface area contributed by atoms with Crippen molar-refractivity contribution in [1.82, 2.24) is 4.90 Å². The van der Waals surface area contributed by atoms with E-state index >= 15 is 0 Å². The zero-order valence-electron chi connectivity index (χ0n) is 19.9. The third-order valence-electron chi connectivity index (χ3n) is 5.46. The average Bonchev–Trinajstić information content (AvgIpc) is 3.13. The second kappa shape index (κ2) is 11.9. The molecule has 0 spiro atoms. The summed E-state index contributed by atoms with van der Waals surface area (Å²) in [6.07, 6.45) is 1.63. The first-order valence-electron chi connectivity index (χ1n) is 11.1. The number of halogens is 2. The molecule has 1 saturated heterocycles. The van der Waals surface area contributed by atoms with Gasteiger partial charge in [-0.05, 0) is 71.8 Å². The number of benzene rings is 3. The van der Waals surface area contributed by atoms with E-state index in [0.29, 0.717) is 32.7 Å². The van der Waals surface area contributed by atoms with E-state index in [1.165, 1.54) is 12.0 Å². The number of imide groups is 1. The Labute approximate surface area is 231 Å². The number of nitrogens with one attached hydrogen (secondary N) is 1. The van der Waals surface area contributed by atoms with Crippen molar-refractivity contribution in [3.63, 3.8) is 0 Å². The van der Waals surface area contributed by atoms with E-state index in [1.54, 1.807) is 36.4 Å². The molecule has 7 nitrogen and oxygen atoms in total. The molecule has 1 heterocycles. The number of thioether (sulfide) groups is 1. The molecule has 0 radical (unpaired) electrons. The summed E-state index contributed by atoms with van der Waals surface area (Å²) in [7, 11) is 1.48. The Kier molecular flexibility index (Phi) is 8.58. The molecule has 10 heteroatoms. The van der Waals surface area contributed by atoms with E-state index in [9.17, 15) is 14.4 Å². The lowest BCUT2D eigenvalue weighted by Crippen LogP contribution is -2.27. The number of anilines is 1. The van der Waals surface area contributed by atoms with Crippen LogP contribution in [0.4, 0.5) is 10.5 Å². The zero-order chi connectivity index (χ0) is 26.5. The number of ether oxygens (including phenoxy) is 2. The van der Waals surface area contributed by atoms with E-state index in [1.807, 2.05) is 37.3 Å². The standard InChI is InChI=1S/C27H22BrClN2O5S/c1-16-7-9-19(13-21(16)29)30-25(32)15-36-22-10-8-17(11-23(22)35-2)12-24-26(33)31(27(34)37-24)14-18-5-3-4-6-20(18)28/h3-13H,14-15H2,1-2H3,(H,30,32)/b24-12-. The van der Waals surface area contributed by atoms with Crippen molar-refractivity contribution in [2.75, 3.05) is 19.0 Å². The Morgan fingerprint density at radius 3 is 2.62 bits per heavy atom.